The second-order valence-electron chi connectivity index (χ2n) is 18.5. The summed E-state index contributed by atoms with van der Waals surface area (Å²) in [5, 5.41) is 13.9. The Labute approximate surface area is 378 Å². The van der Waals surface area contributed by atoms with Crippen molar-refractivity contribution in [2.24, 2.45) is 0 Å². The standard InChI is InChI=1S/C52H99N2O6P/c1-6-8-10-12-14-16-18-20-22-24-25-26-27-28-29-30-32-34-36-38-40-42-44-46-52(56)53-50(49-60-61(57,58)59-48-47-54(3,4)5)51(55)45-43-41-39-37-35-33-31-23-21-19-17-15-13-11-9-7-2/h18,20,24-25,35,37,43,45,50-51,55H,6-17,19,21-23,26-34,36,38-42,44,46-49H2,1-5H3,(H-,53,56,57,58)/p+1/b20-18-,25-24-,37-35+,45-43+. The Morgan fingerprint density at radius 2 is 0.951 bits per heavy atom. The quantitative estimate of drug-likeness (QED) is 0.0243. The second kappa shape index (κ2) is 43.7. The summed E-state index contributed by atoms with van der Waals surface area (Å²) >= 11 is 0. The molecule has 0 heterocycles. The van der Waals surface area contributed by atoms with Gasteiger partial charge in [-0.3, -0.25) is 13.8 Å². The first-order valence-corrected chi connectivity index (χ1v) is 27.0. The zero-order valence-electron chi connectivity index (χ0n) is 40.7. The second-order valence-corrected chi connectivity index (χ2v) is 20.0. The number of amides is 1. The summed E-state index contributed by atoms with van der Waals surface area (Å²) in [6, 6.07) is -0.864. The van der Waals surface area contributed by atoms with Gasteiger partial charge in [0.1, 0.15) is 13.2 Å². The van der Waals surface area contributed by atoms with E-state index in [0.29, 0.717) is 17.4 Å². The van der Waals surface area contributed by atoms with Crippen molar-refractivity contribution in [2.75, 3.05) is 40.9 Å². The molecule has 0 aliphatic carbocycles. The van der Waals surface area contributed by atoms with Crippen LogP contribution in [-0.2, 0) is 18.4 Å². The van der Waals surface area contributed by atoms with Crippen LogP contribution in [0, 0.1) is 0 Å². The number of likely N-dealkylation sites (N-methyl/N-ethyl adjacent to an activating group) is 1. The maximum atomic E-state index is 12.9. The van der Waals surface area contributed by atoms with E-state index in [-0.39, 0.29) is 19.1 Å². The van der Waals surface area contributed by atoms with Crippen LogP contribution < -0.4 is 5.32 Å². The molecule has 0 aromatic carbocycles. The van der Waals surface area contributed by atoms with Gasteiger partial charge in [0.25, 0.3) is 0 Å². The molecule has 3 atom stereocenters. The first-order chi connectivity index (χ1) is 29.5. The molecule has 3 N–H and O–H groups in total. The van der Waals surface area contributed by atoms with Gasteiger partial charge in [-0.25, -0.2) is 4.57 Å². The van der Waals surface area contributed by atoms with Crippen molar-refractivity contribution in [1.82, 2.24) is 5.32 Å². The molecule has 0 rings (SSSR count). The normalized spacial score (nSPS) is 14.5. The number of aliphatic hydroxyl groups is 1. The highest BCUT2D eigenvalue weighted by molar-refractivity contribution is 7.47. The molecule has 3 unspecified atom stereocenters. The highest BCUT2D eigenvalue weighted by atomic mass is 31.2. The van der Waals surface area contributed by atoms with E-state index in [9.17, 15) is 19.4 Å². The number of allylic oxidation sites excluding steroid dienone is 7. The molecular formula is C52H100N2O6P+. The van der Waals surface area contributed by atoms with E-state index in [1.807, 2.05) is 27.2 Å². The molecule has 0 bridgehead atoms. The number of hydrogen-bond donors (Lipinski definition) is 3. The largest absolute Gasteiger partial charge is 0.472 e. The molecule has 0 aromatic rings. The molecular weight excluding hydrogens is 780 g/mol. The van der Waals surface area contributed by atoms with Crippen molar-refractivity contribution in [3.63, 3.8) is 0 Å². The Kier molecular flexibility index (Phi) is 42.6. The van der Waals surface area contributed by atoms with Crippen molar-refractivity contribution in [2.45, 2.75) is 238 Å². The Bertz CT molecular complexity index is 1130. The number of phosphoric ester groups is 1. The molecule has 61 heavy (non-hydrogen) atoms. The molecule has 1 amide bonds. The third kappa shape index (κ3) is 46.3. The van der Waals surface area contributed by atoms with E-state index in [1.165, 1.54) is 161 Å². The van der Waals surface area contributed by atoms with Gasteiger partial charge >= 0.3 is 7.82 Å². The van der Waals surface area contributed by atoms with Crippen LogP contribution in [0.1, 0.15) is 226 Å². The third-order valence-electron chi connectivity index (χ3n) is 11.3. The average molecular weight is 880 g/mol. The molecule has 9 heteroatoms. The van der Waals surface area contributed by atoms with E-state index < -0.39 is 20.0 Å². The van der Waals surface area contributed by atoms with Crippen LogP contribution in [0.15, 0.2) is 48.6 Å². The fourth-order valence-electron chi connectivity index (χ4n) is 7.21. The predicted molar refractivity (Wildman–Crippen MR) is 263 cm³/mol. The minimum Gasteiger partial charge on any atom is -0.387 e. The van der Waals surface area contributed by atoms with Gasteiger partial charge in [-0.15, -0.1) is 0 Å². The fourth-order valence-corrected chi connectivity index (χ4v) is 7.94. The van der Waals surface area contributed by atoms with E-state index >= 15 is 0 Å². The highest BCUT2D eigenvalue weighted by Crippen LogP contribution is 2.43. The van der Waals surface area contributed by atoms with Gasteiger partial charge in [-0.05, 0) is 64.2 Å². The molecule has 8 nitrogen and oxygen atoms in total. The van der Waals surface area contributed by atoms with Crippen LogP contribution in [0.25, 0.3) is 0 Å². The Hall–Kier alpha value is -1.54. The molecule has 0 saturated heterocycles. The number of unbranched alkanes of at least 4 members (excludes halogenated alkanes) is 27. The van der Waals surface area contributed by atoms with E-state index in [0.717, 1.165) is 44.9 Å². The maximum absolute atomic E-state index is 12.9. The lowest BCUT2D eigenvalue weighted by atomic mass is 10.0. The van der Waals surface area contributed by atoms with Crippen LogP contribution in [0.3, 0.4) is 0 Å². The van der Waals surface area contributed by atoms with Crippen LogP contribution in [-0.4, -0.2) is 73.4 Å². The number of carbonyl (C=O) groups is 1. The lowest BCUT2D eigenvalue weighted by Gasteiger charge is -2.25. The molecule has 0 fully saturated rings. The highest BCUT2D eigenvalue weighted by Gasteiger charge is 2.27. The van der Waals surface area contributed by atoms with E-state index in [2.05, 4.69) is 55.6 Å². The van der Waals surface area contributed by atoms with E-state index in [1.54, 1.807) is 6.08 Å². The number of rotatable bonds is 46. The molecule has 0 spiro atoms. The van der Waals surface area contributed by atoms with Gasteiger partial charge in [0.05, 0.1) is 39.9 Å². The zero-order chi connectivity index (χ0) is 45.0. The predicted octanol–water partition coefficient (Wildman–Crippen LogP) is 14.8. The monoisotopic (exact) mass is 880 g/mol. The van der Waals surface area contributed by atoms with Crippen LogP contribution in [0.4, 0.5) is 0 Å². The lowest BCUT2D eigenvalue weighted by Crippen LogP contribution is -2.45. The zero-order valence-corrected chi connectivity index (χ0v) is 41.5. The number of hydrogen-bond acceptors (Lipinski definition) is 5. The van der Waals surface area contributed by atoms with Gasteiger partial charge in [-0.1, -0.05) is 204 Å². The van der Waals surface area contributed by atoms with Gasteiger partial charge < -0.3 is 19.8 Å². The van der Waals surface area contributed by atoms with Crippen molar-refractivity contribution >= 4 is 13.7 Å². The minimum absolute atomic E-state index is 0.0550. The summed E-state index contributed by atoms with van der Waals surface area (Å²) < 4.78 is 23.6. The Morgan fingerprint density at radius 3 is 1.41 bits per heavy atom. The van der Waals surface area contributed by atoms with Crippen LogP contribution in [0.5, 0.6) is 0 Å². The first kappa shape index (κ1) is 59.5. The summed E-state index contributed by atoms with van der Waals surface area (Å²) in [5.41, 5.74) is 0. The molecule has 0 saturated carbocycles. The summed E-state index contributed by atoms with van der Waals surface area (Å²) in [4.78, 5) is 23.2. The Balaban J connectivity index is 4.32. The number of carbonyl (C=O) groups excluding carboxylic acids is 1. The van der Waals surface area contributed by atoms with Crippen molar-refractivity contribution < 1.29 is 32.9 Å². The number of phosphoric acid groups is 1. The van der Waals surface area contributed by atoms with Crippen molar-refractivity contribution in [3.8, 4) is 0 Å². The summed E-state index contributed by atoms with van der Waals surface area (Å²) in [6.07, 6.45) is 56.2. The number of aliphatic hydroxyl groups excluding tert-OH is 1. The van der Waals surface area contributed by atoms with E-state index in [4.69, 9.17) is 9.05 Å². The molecule has 0 aliphatic heterocycles. The summed E-state index contributed by atoms with van der Waals surface area (Å²) in [5.74, 6) is -0.189. The number of nitrogens with one attached hydrogen (secondary N) is 1. The molecule has 358 valence electrons. The van der Waals surface area contributed by atoms with Gasteiger partial charge in [-0.2, -0.15) is 0 Å². The van der Waals surface area contributed by atoms with Gasteiger partial charge in [0.15, 0.2) is 0 Å². The van der Waals surface area contributed by atoms with Crippen LogP contribution >= 0.6 is 7.82 Å². The van der Waals surface area contributed by atoms with Gasteiger partial charge in [0, 0.05) is 6.42 Å². The van der Waals surface area contributed by atoms with Crippen molar-refractivity contribution in [1.29, 1.82) is 0 Å². The maximum Gasteiger partial charge on any atom is 0.472 e. The SMILES string of the molecule is CCCCCCC/C=C\C/C=C\CCCCCCCCCCCCCC(=O)NC(COP(=O)(O)OCC[N+](C)(C)C)C(O)/C=C/CC/C=C/CCCCCCCCCCCC. The molecule has 0 aliphatic rings. The average Bonchev–Trinajstić information content (AvgIpc) is 3.21. The summed E-state index contributed by atoms with van der Waals surface area (Å²) in [6.45, 7) is 4.79. The third-order valence-corrected chi connectivity index (χ3v) is 12.3. The number of nitrogens with zero attached hydrogens (tertiary/aromatic N) is 1. The smallest absolute Gasteiger partial charge is 0.387 e. The summed E-state index contributed by atoms with van der Waals surface area (Å²) in [7, 11) is 1.55. The fraction of sp³-hybridized carbons (Fsp3) is 0.827. The van der Waals surface area contributed by atoms with Gasteiger partial charge in [0.2, 0.25) is 5.91 Å². The lowest BCUT2D eigenvalue weighted by molar-refractivity contribution is -0.870. The first-order valence-electron chi connectivity index (χ1n) is 25.5. The topological polar surface area (TPSA) is 105 Å². The number of quaternary nitrogens is 1. The van der Waals surface area contributed by atoms with Crippen molar-refractivity contribution in [3.05, 3.63) is 48.6 Å². The molecule has 0 aromatic heterocycles. The Morgan fingerprint density at radius 1 is 0.557 bits per heavy atom. The van der Waals surface area contributed by atoms with Crippen LogP contribution in [0.2, 0.25) is 0 Å². The molecule has 0 radical (unpaired) electrons. The minimum atomic E-state index is -4.35.